The van der Waals surface area contributed by atoms with Gasteiger partial charge in [0.1, 0.15) is 11.4 Å². The number of fused-ring (bicyclic) bond motifs is 1. The van der Waals surface area contributed by atoms with Crippen LogP contribution in [0.3, 0.4) is 0 Å². The van der Waals surface area contributed by atoms with Gasteiger partial charge in [-0.25, -0.2) is 4.98 Å². The van der Waals surface area contributed by atoms with E-state index in [1.54, 1.807) is 11.3 Å². The Labute approximate surface area is 158 Å². The first-order valence-corrected chi connectivity index (χ1v) is 10.2. The smallest absolute Gasteiger partial charge is 0.191 e. The van der Waals surface area contributed by atoms with Crippen molar-refractivity contribution in [3.8, 4) is 5.75 Å². The first-order chi connectivity index (χ1) is 12.7. The average molecular weight is 371 g/mol. The van der Waals surface area contributed by atoms with Gasteiger partial charge in [0.05, 0.1) is 23.8 Å². The average Bonchev–Trinajstić information content (AvgIpc) is 3.27. The molecule has 0 bridgehead atoms. The van der Waals surface area contributed by atoms with Gasteiger partial charge >= 0.3 is 0 Å². The van der Waals surface area contributed by atoms with Gasteiger partial charge in [-0.15, -0.1) is 11.3 Å². The minimum atomic E-state index is -0.0148. The highest BCUT2D eigenvalue weighted by molar-refractivity contribution is 7.09. The zero-order valence-electron chi connectivity index (χ0n) is 15.4. The highest BCUT2D eigenvalue weighted by Crippen LogP contribution is 2.46. The van der Waals surface area contributed by atoms with Crippen LogP contribution < -0.4 is 15.4 Å². The standard InChI is InChI=1S/C20H26N4OS/c1-14-18(26-13-23-14)12-22-19(21-2)24-16-11-20(9-5-6-10-20)25-17-8-4-3-7-15(16)17/h3-4,7-8,13,16H,5-6,9-12H2,1-2H3,(H2,21,22,24). The lowest BCUT2D eigenvalue weighted by Crippen LogP contribution is -2.46. The Bertz CT molecular complexity index is 795. The molecule has 0 radical (unpaired) electrons. The van der Waals surface area contributed by atoms with Gasteiger partial charge in [0, 0.05) is 23.9 Å². The summed E-state index contributed by atoms with van der Waals surface area (Å²) in [5.74, 6) is 1.85. The number of hydrogen-bond donors (Lipinski definition) is 2. The van der Waals surface area contributed by atoms with E-state index in [9.17, 15) is 0 Å². The predicted octanol–water partition coefficient (Wildman–Crippen LogP) is 3.95. The lowest BCUT2D eigenvalue weighted by molar-refractivity contribution is 0.0396. The first-order valence-electron chi connectivity index (χ1n) is 9.33. The van der Waals surface area contributed by atoms with Crippen LogP contribution in [0.5, 0.6) is 5.75 Å². The molecule has 1 fully saturated rings. The molecule has 1 aromatic heterocycles. The molecule has 1 aromatic carbocycles. The third kappa shape index (κ3) is 3.43. The van der Waals surface area contributed by atoms with E-state index in [1.165, 1.54) is 23.3 Å². The number of guanidine groups is 1. The van der Waals surface area contributed by atoms with E-state index in [4.69, 9.17) is 4.74 Å². The molecule has 26 heavy (non-hydrogen) atoms. The fraction of sp³-hybridized carbons (Fsp3) is 0.500. The third-order valence-corrected chi connectivity index (χ3v) is 6.44. The molecule has 2 aromatic rings. The van der Waals surface area contributed by atoms with Gasteiger partial charge in [0.15, 0.2) is 5.96 Å². The van der Waals surface area contributed by atoms with Crippen molar-refractivity contribution >= 4 is 17.3 Å². The Kier molecular flexibility index (Phi) is 4.85. The summed E-state index contributed by atoms with van der Waals surface area (Å²) in [5.41, 5.74) is 4.18. The molecule has 5 nitrogen and oxygen atoms in total. The molecule has 2 N–H and O–H groups in total. The summed E-state index contributed by atoms with van der Waals surface area (Å²) in [4.78, 5) is 10.00. The Morgan fingerprint density at radius 3 is 2.88 bits per heavy atom. The summed E-state index contributed by atoms with van der Waals surface area (Å²) in [6, 6.07) is 8.62. The van der Waals surface area contributed by atoms with Crippen LogP contribution in [-0.4, -0.2) is 23.6 Å². The molecule has 4 rings (SSSR count). The number of hydrogen-bond acceptors (Lipinski definition) is 4. The van der Waals surface area contributed by atoms with Crippen LogP contribution in [0.4, 0.5) is 0 Å². The maximum absolute atomic E-state index is 6.45. The molecular formula is C20H26N4OS. The molecule has 0 saturated heterocycles. The maximum atomic E-state index is 6.45. The lowest BCUT2D eigenvalue weighted by Gasteiger charge is -2.40. The summed E-state index contributed by atoms with van der Waals surface area (Å²) in [5, 5.41) is 7.08. The van der Waals surface area contributed by atoms with Crippen molar-refractivity contribution < 1.29 is 4.74 Å². The Hall–Kier alpha value is -2.08. The maximum Gasteiger partial charge on any atom is 0.191 e. The van der Waals surface area contributed by atoms with Gasteiger partial charge in [-0.3, -0.25) is 4.99 Å². The molecule has 1 aliphatic carbocycles. The van der Waals surface area contributed by atoms with Crippen LogP contribution >= 0.6 is 11.3 Å². The number of aryl methyl sites for hydroxylation is 1. The topological polar surface area (TPSA) is 58.5 Å². The monoisotopic (exact) mass is 370 g/mol. The third-order valence-electron chi connectivity index (χ3n) is 5.51. The van der Waals surface area contributed by atoms with Crippen molar-refractivity contribution in [1.82, 2.24) is 15.6 Å². The van der Waals surface area contributed by atoms with E-state index >= 15 is 0 Å². The number of rotatable bonds is 3. The van der Waals surface area contributed by atoms with Crippen LogP contribution in [0.15, 0.2) is 34.8 Å². The van der Waals surface area contributed by atoms with Crippen molar-refractivity contribution in [2.45, 2.75) is 57.2 Å². The van der Waals surface area contributed by atoms with Crippen molar-refractivity contribution in [3.63, 3.8) is 0 Å². The molecular weight excluding hydrogens is 344 g/mol. The molecule has 2 aliphatic rings. The minimum Gasteiger partial charge on any atom is -0.487 e. The van der Waals surface area contributed by atoms with Gasteiger partial charge in [-0.1, -0.05) is 18.2 Å². The number of nitrogens with zero attached hydrogens (tertiary/aromatic N) is 2. The van der Waals surface area contributed by atoms with E-state index in [0.717, 1.165) is 43.2 Å². The minimum absolute atomic E-state index is 0.0148. The van der Waals surface area contributed by atoms with Crippen molar-refractivity contribution in [3.05, 3.63) is 45.9 Å². The quantitative estimate of drug-likeness (QED) is 0.634. The van der Waals surface area contributed by atoms with E-state index in [-0.39, 0.29) is 11.6 Å². The van der Waals surface area contributed by atoms with E-state index in [1.807, 2.05) is 19.5 Å². The molecule has 2 heterocycles. The van der Waals surface area contributed by atoms with Crippen LogP contribution in [0.25, 0.3) is 0 Å². The highest BCUT2D eigenvalue weighted by Gasteiger charge is 2.43. The molecule has 1 atom stereocenters. The summed E-state index contributed by atoms with van der Waals surface area (Å²) in [7, 11) is 1.82. The molecule has 1 unspecified atom stereocenters. The number of aliphatic imine (C=N–C) groups is 1. The summed E-state index contributed by atoms with van der Waals surface area (Å²) in [6.45, 7) is 2.79. The van der Waals surface area contributed by atoms with Crippen LogP contribution in [0.1, 0.15) is 54.3 Å². The number of para-hydroxylation sites is 1. The highest BCUT2D eigenvalue weighted by atomic mass is 32.1. The van der Waals surface area contributed by atoms with Crippen LogP contribution in [-0.2, 0) is 6.54 Å². The zero-order valence-corrected chi connectivity index (χ0v) is 16.2. The van der Waals surface area contributed by atoms with Gasteiger partial charge in [-0.2, -0.15) is 0 Å². The molecule has 1 spiro atoms. The number of thiazole rings is 1. The second kappa shape index (κ2) is 7.27. The van der Waals surface area contributed by atoms with E-state index in [0.29, 0.717) is 0 Å². The van der Waals surface area contributed by atoms with Crippen LogP contribution in [0, 0.1) is 6.92 Å². The SMILES string of the molecule is CN=C(NCc1scnc1C)NC1CC2(CCCC2)Oc2ccccc21. The van der Waals surface area contributed by atoms with Crippen molar-refractivity contribution in [1.29, 1.82) is 0 Å². The Morgan fingerprint density at radius 1 is 1.35 bits per heavy atom. The molecule has 1 aliphatic heterocycles. The molecule has 6 heteroatoms. The van der Waals surface area contributed by atoms with E-state index < -0.39 is 0 Å². The predicted molar refractivity (Wildman–Crippen MR) is 106 cm³/mol. The Balaban J connectivity index is 1.51. The number of aromatic nitrogens is 1. The van der Waals surface area contributed by atoms with Crippen molar-refractivity contribution in [2.75, 3.05) is 7.05 Å². The first kappa shape index (κ1) is 17.3. The summed E-state index contributed by atoms with van der Waals surface area (Å²) >= 11 is 1.68. The second-order valence-electron chi connectivity index (χ2n) is 7.22. The van der Waals surface area contributed by atoms with Gasteiger partial charge in [-0.05, 0) is 38.7 Å². The number of benzene rings is 1. The number of nitrogens with one attached hydrogen (secondary N) is 2. The fourth-order valence-corrected chi connectivity index (χ4v) is 4.81. The second-order valence-corrected chi connectivity index (χ2v) is 8.16. The van der Waals surface area contributed by atoms with Crippen molar-refractivity contribution in [2.24, 2.45) is 4.99 Å². The van der Waals surface area contributed by atoms with Crippen LogP contribution in [0.2, 0.25) is 0 Å². The zero-order chi connectivity index (χ0) is 18.0. The number of ether oxygens (including phenoxy) is 1. The molecule has 1 saturated carbocycles. The van der Waals surface area contributed by atoms with E-state index in [2.05, 4.69) is 44.9 Å². The summed E-state index contributed by atoms with van der Waals surface area (Å²) < 4.78 is 6.45. The molecule has 138 valence electrons. The Morgan fingerprint density at radius 2 is 2.15 bits per heavy atom. The van der Waals surface area contributed by atoms with Gasteiger partial charge in [0.2, 0.25) is 0 Å². The molecule has 0 amide bonds. The lowest BCUT2D eigenvalue weighted by atomic mass is 9.86. The van der Waals surface area contributed by atoms with Gasteiger partial charge < -0.3 is 15.4 Å². The largest absolute Gasteiger partial charge is 0.487 e. The normalized spacial score (nSPS) is 21.3. The van der Waals surface area contributed by atoms with Gasteiger partial charge in [0.25, 0.3) is 0 Å². The summed E-state index contributed by atoms with van der Waals surface area (Å²) in [6.07, 6.45) is 5.79. The fourth-order valence-electron chi connectivity index (χ4n) is 4.09.